The maximum atomic E-state index is 4.64. The fourth-order valence-electron chi connectivity index (χ4n) is 2.49. The van der Waals surface area contributed by atoms with Crippen LogP contribution >= 0.6 is 11.3 Å². The van der Waals surface area contributed by atoms with Crippen LogP contribution in [0, 0.1) is 27.7 Å². The molecule has 0 N–H and O–H groups in total. The Morgan fingerprint density at radius 1 is 0.640 bits per heavy atom. The van der Waals surface area contributed by atoms with Crippen LogP contribution in [0.1, 0.15) is 32.0 Å². The average Bonchev–Trinajstić information content (AvgIpc) is 3.04. The molecule has 0 amide bonds. The monoisotopic (exact) mass is 346 g/mol. The molecule has 0 fully saturated rings. The van der Waals surface area contributed by atoms with Crippen molar-refractivity contribution in [1.82, 2.24) is 0 Å². The first-order valence-corrected chi connectivity index (χ1v) is 9.15. The number of aryl methyl sites for hydroxylation is 4. The Labute approximate surface area is 153 Å². The third kappa shape index (κ3) is 4.52. The standard InChI is InChI=1S/C22H22N2S/c1-15-5-7-17(3)21(11-15)23-13-19-9-10-20(25-19)14-24-22-12-16(2)6-8-18(22)4/h5-14H,1-4H3. The smallest absolute Gasteiger partial charge is 0.0661 e. The minimum atomic E-state index is 1.03. The molecule has 2 aromatic carbocycles. The summed E-state index contributed by atoms with van der Waals surface area (Å²) in [6.07, 6.45) is 3.86. The molecule has 2 nitrogen and oxygen atoms in total. The number of thiophene rings is 1. The SMILES string of the molecule is Cc1ccc(C)c(N=Cc2ccc(C=Nc3cc(C)ccc3C)s2)c1. The Kier molecular flexibility index (Phi) is 5.25. The molecule has 0 aliphatic carbocycles. The second-order valence-electron chi connectivity index (χ2n) is 6.34. The summed E-state index contributed by atoms with van der Waals surface area (Å²) in [5, 5.41) is 0. The van der Waals surface area contributed by atoms with Gasteiger partial charge < -0.3 is 0 Å². The number of hydrogen-bond acceptors (Lipinski definition) is 3. The molecule has 0 saturated carbocycles. The number of aliphatic imine (C=N–C) groups is 2. The molecule has 0 unspecified atom stereocenters. The predicted octanol–water partition coefficient (Wildman–Crippen LogP) is 6.48. The van der Waals surface area contributed by atoms with Crippen molar-refractivity contribution in [3.63, 3.8) is 0 Å². The Bertz CT molecular complexity index is 872. The molecule has 3 rings (SSSR count). The van der Waals surface area contributed by atoms with E-state index in [1.807, 2.05) is 12.4 Å². The van der Waals surface area contributed by atoms with Crippen molar-refractivity contribution in [2.24, 2.45) is 9.98 Å². The molecule has 0 radical (unpaired) electrons. The van der Waals surface area contributed by atoms with Gasteiger partial charge in [-0.3, -0.25) is 9.98 Å². The lowest BCUT2D eigenvalue weighted by Gasteiger charge is -2.00. The van der Waals surface area contributed by atoms with Gasteiger partial charge in [0.2, 0.25) is 0 Å². The summed E-state index contributed by atoms with van der Waals surface area (Å²) in [6, 6.07) is 16.8. The molecule has 0 atom stereocenters. The second kappa shape index (κ2) is 7.58. The van der Waals surface area contributed by atoms with Crippen molar-refractivity contribution in [3.8, 4) is 0 Å². The number of hydrogen-bond donors (Lipinski definition) is 0. The van der Waals surface area contributed by atoms with Crippen LogP contribution in [-0.4, -0.2) is 12.4 Å². The fraction of sp³-hybridized carbons (Fsp3) is 0.182. The lowest BCUT2D eigenvalue weighted by atomic mass is 10.1. The van der Waals surface area contributed by atoms with Crippen molar-refractivity contribution >= 4 is 35.1 Å². The first-order valence-electron chi connectivity index (χ1n) is 8.34. The van der Waals surface area contributed by atoms with Gasteiger partial charge in [0.25, 0.3) is 0 Å². The van der Waals surface area contributed by atoms with Crippen LogP contribution in [0.15, 0.2) is 58.5 Å². The quantitative estimate of drug-likeness (QED) is 0.483. The van der Waals surface area contributed by atoms with Gasteiger partial charge in [-0.25, -0.2) is 0 Å². The summed E-state index contributed by atoms with van der Waals surface area (Å²) in [4.78, 5) is 11.5. The highest BCUT2D eigenvalue weighted by molar-refractivity contribution is 7.15. The van der Waals surface area contributed by atoms with E-state index in [9.17, 15) is 0 Å². The molecule has 0 bridgehead atoms. The molecule has 0 spiro atoms. The minimum absolute atomic E-state index is 1.03. The second-order valence-corrected chi connectivity index (χ2v) is 7.48. The van der Waals surface area contributed by atoms with E-state index in [4.69, 9.17) is 0 Å². The van der Waals surface area contributed by atoms with Gasteiger partial charge in [0.1, 0.15) is 0 Å². The van der Waals surface area contributed by atoms with Gasteiger partial charge in [-0.15, -0.1) is 11.3 Å². The zero-order valence-electron chi connectivity index (χ0n) is 15.1. The van der Waals surface area contributed by atoms with Gasteiger partial charge in [-0.05, 0) is 74.2 Å². The van der Waals surface area contributed by atoms with E-state index in [1.54, 1.807) is 11.3 Å². The van der Waals surface area contributed by atoms with Crippen LogP contribution in [0.2, 0.25) is 0 Å². The van der Waals surface area contributed by atoms with Crippen molar-refractivity contribution < 1.29 is 0 Å². The molecule has 126 valence electrons. The summed E-state index contributed by atoms with van der Waals surface area (Å²) in [6.45, 7) is 8.35. The van der Waals surface area contributed by atoms with E-state index in [0.717, 1.165) is 21.1 Å². The van der Waals surface area contributed by atoms with E-state index < -0.39 is 0 Å². The highest BCUT2D eigenvalue weighted by Crippen LogP contribution is 2.22. The van der Waals surface area contributed by atoms with E-state index >= 15 is 0 Å². The zero-order chi connectivity index (χ0) is 17.8. The first kappa shape index (κ1) is 17.3. The number of nitrogens with zero attached hydrogens (tertiary/aromatic N) is 2. The van der Waals surface area contributed by atoms with Crippen molar-refractivity contribution in [2.75, 3.05) is 0 Å². The lowest BCUT2D eigenvalue weighted by molar-refractivity contribution is 1.36. The topological polar surface area (TPSA) is 24.7 Å². The zero-order valence-corrected chi connectivity index (χ0v) is 15.9. The molecular weight excluding hydrogens is 324 g/mol. The van der Waals surface area contributed by atoms with E-state index in [-0.39, 0.29) is 0 Å². The highest BCUT2D eigenvalue weighted by Gasteiger charge is 2.00. The van der Waals surface area contributed by atoms with E-state index in [1.165, 1.54) is 22.3 Å². The van der Waals surface area contributed by atoms with E-state index in [2.05, 4.69) is 86.2 Å². The summed E-state index contributed by atoms with van der Waals surface area (Å²) in [7, 11) is 0. The molecule has 0 aliphatic rings. The first-order chi connectivity index (χ1) is 12.0. The normalized spacial score (nSPS) is 11.7. The largest absolute Gasteiger partial charge is 0.255 e. The fourth-order valence-corrected chi connectivity index (χ4v) is 3.25. The maximum Gasteiger partial charge on any atom is 0.0661 e. The lowest BCUT2D eigenvalue weighted by Crippen LogP contribution is -1.79. The van der Waals surface area contributed by atoms with Crippen molar-refractivity contribution in [1.29, 1.82) is 0 Å². The number of rotatable bonds is 4. The molecule has 1 aromatic heterocycles. The Balaban J connectivity index is 1.76. The third-order valence-corrected chi connectivity index (χ3v) is 4.99. The van der Waals surface area contributed by atoms with Crippen LogP contribution in [0.3, 0.4) is 0 Å². The van der Waals surface area contributed by atoms with Crippen molar-refractivity contribution in [3.05, 3.63) is 80.5 Å². The Morgan fingerprint density at radius 3 is 1.52 bits per heavy atom. The summed E-state index contributed by atoms with van der Waals surface area (Å²) >= 11 is 1.69. The highest BCUT2D eigenvalue weighted by atomic mass is 32.1. The average molecular weight is 346 g/mol. The van der Waals surface area contributed by atoms with E-state index in [0.29, 0.717) is 0 Å². The molecule has 3 aromatic rings. The number of benzene rings is 2. The molecule has 25 heavy (non-hydrogen) atoms. The van der Waals surface area contributed by atoms with Crippen molar-refractivity contribution in [2.45, 2.75) is 27.7 Å². The van der Waals surface area contributed by atoms with Gasteiger partial charge in [-0.2, -0.15) is 0 Å². The minimum Gasteiger partial charge on any atom is -0.255 e. The van der Waals surface area contributed by atoms with Gasteiger partial charge in [0.05, 0.1) is 11.4 Å². The van der Waals surface area contributed by atoms with Crippen LogP contribution in [0.5, 0.6) is 0 Å². The van der Waals surface area contributed by atoms with Crippen LogP contribution < -0.4 is 0 Å². The van der Waals surface area contributed by atoms with Gasteiger partial charge in [0.15, 0.2) is 0 Å². The molecule has 0 aliphatic heterocycles. The maximum absolute atomic E-state index is 4.64. The van der Waals surface area contributed by atoms with Crippen LogP contribution in [0.4, 0.5) is 11.4 Å². The van der Waals surface area contributed by atoms with Crippen LogP contribution in [-0.2, 0) is 0 Å². The predicted molar refractivity (Wildman–Crippen MR) is 111 cm³/mol. The van der Waals surface area contributed by atoms with Gasteiger partial charge in [-0.1, -0.05) is 24.3 Å². The Hall–Kier alpha value is -2.52. The van der Waals surface area contributed by atoms with Gasteiger partial charge in [0, 0.05) is 22.2 Å². The molecule has 3 heteroatoms. The Morgan fingerprint density at radius 2 is 1.08 bits per heavy atom. The van der Waals surface area contributed by atoms with Crippen LogP contribution in [0.25, 0.3) is 0 Å². The third-order valence-electron chi connectivity index (χ3n) is 4.04. The van der Waals surface area contributed by atoms with Gasteiger partial charge >= 0.3 is 0 Å². The summed E-state index contributed by atoms with van der Waals surface area (Å²) in [5.41, 5.74) is 6.89. The molecule has 0 saturated heterocycles. The molecule has 1 heterocycles. The summed E-state index contributed by atoms with van der Waals surface area (Å²) in [5.74, 6) is 0. The summed E-state index contributed by atoms with van der Waals surface area (Å²) < 4.78 is 0. The molecular formula is C22H22N2S.